The van der Waals surface area contributed by atoms with Gasteiger partial charge in [-0.15, -0.1) is 5.10 Å². The Kier molecular flexibility index (Phi) is 4.57. The molecule has 2 aromatic rings. The first-order valence-corrected chi connectivity index (χ1v) is 6.24. The first-order chi connectivity index (χ1) is 9.13. The summed E-state index contributed by atoms with van der Waals surface area (Å²) in [5.74, 6) is 0.466. The summed E-state index contributed by atoms with van der Waals surface area (Å²) in [6, 6.07) is 3.08. The number of hydrogen-bond donors (Lipinski definition) is 0. The van der Waals surface area contributed by atoms with Crippen molar-refractivity contribution in [2.75, 3.05) is 6.61 Å². The summed E-state index contributed by atoms with van der Waals surface area (Å²) >= 11 is 18.0. The lowest BCUT2D eigenvalue weighted by Crippen LogP contribution is -2.08. The number of tetrazole rings is 1. The number of hydrogen-bond acceptors (Lipinski definition) is 5. The van der Waals surface area contributed by atoms with Gasteiger partial charge in [-0.2, -0.15) is 4.68 Å². The van der Waals surface area contributed by atoms with Crippen molar-refractivity contribution in [3.8, 4) is 5.69 Å². The number of carbonyl (C=O) groups is 1. The van der Waals surface area contributed by atoms with E-state index in [1.165, 1.54) is 16.8 Å². The molecular formula is C10H7Cl3N4O2. The van der Waals surface area contributed by atoms with Crippen LogP contribution in [0.25, 0.3) is 5.69 Å². The van der Waals surface area contributed by atoms with E-state index in [4.69, 9.17) is 34.8 Å². The molecule has 0 N–H and O–H groups in total. The molecule has 0 fully saturated rings. The lowest BCUT2D eigenvalue weighted by atomic mass is 10.3. The first kappa shape index (κ1) is 14.0. The zero-order valence-electron chi connectivity index (χ0n) is 9.39. The first-order valence-electron chi connectivity index (χ1n) is 5.11. The highest BCUT2D eigenvalue weighted by atomic mass is 35.5. The van der Waals surface area contributed by atoms with Crippen LogP contribution < -0.4 is 0 Å². The topological polar surface area (TPSA) is 69.9 Å². The van der Waals surface area contributed by atoms with Crippen LogP contribution in [0.1, 0.15) is 5.82 Å². The molecule has 2 rings (SSSR count). The number of nitrogens with zero attached hydrogens (tertiary/aromatic N) is 4. The third-order valence-electron chi connectivity index (χ3n) is 2.24. The second kappa shape index (κ2) is 6.18. The van der Waals surface area contributed by atoms with Gasteiger partial charge < -0.3 is 4.74 Å². The van der Waals surface area contributed by atoms with Crippen LogP contribution >= 0.6 is 34.8 Å². The van der Waals surface area contributed by atoms with E-state index >= 15 is 0 Å². The van der Waals surface area contributed by atoms with Crippen molar-refractivity contribution in [2.45, 2.75) is 6.42 Å². The van der Waals surface area contributed by atoms with Crippen LogP contribution in [0.4, 0.5) is 0 Å². The van der Waals surface area contributed by atoms with Crippen LogP contribution in [-0.4, -0.2) is 33.3 Å². The van der Waals surface area contributed by atoms with Gasteiger partial charge in [-0.05, 0) is 22.6 Å². The van der Waals surface area contributed by atoms with Gasteiger partial charge >= 0.3 is 0 Å². The number of ether oxygens (including phenoxy) is 1. The summed E-state index contributed by atoms with van der Waals surface area (Å²) < 4.78 is 5.98. The van der Waals surface area contributed by atoms with E-state index in [1.807, 2.05) is 0 Å². The van der Waals surface area contributed by atoms with Gasteiger partial charge in [0.1, 0.15) is 5.69 Å². The molecule has 6 nitrogen and oxygen atoms in total. The minimum absolute atomic E-state index is 0.159. The Balaban J connectivity index is 2.37. The van der Waals surface area contributed by atoms with Crippen LogP contribution in [0.5, 0.6) is 0 Å². The van der Waals surface area contributed by atoms with Crippen molar-refractivity contribution < 1.29 is 9.53 Å². The van der Waals surface area contributed by atoms with Crippen LogP contribution in [0.2, 0.25) is 15.1 Å². The van der Waals surface area contributed by atoms with Gasteiger partial charge in [0.2, 0.25) is 0 Å². The summed E-state index contributed by atoms with van der Waals surface area (Å²) in [6.45, 7) is 0.517. The lowest BCUT2D eigenvalue weighted by molar-refractivity contribution is -0.128. The molecule has 0 atom stereocenters. The molecule has 0 bridgehead atoms. The van der Waals surface area contributed by atoms with Gasteiger partial charge in [-0.3, -0.25) is 4.79 Å². The molecule has 100 valence electrons. The molecule has 1 aromatic carbocycles. The Labute approximate surface area is 123 Å². The second-order valence-electron chi connectivity index (χ2n) is 3.44. The van der Waals surface area contributed by atoms with Crippen molar-refractivity contribution >= 4 is 41.3 Å². The molecule has 0 unspecified atom stereocenters. The highest BCUT2D eigenvalue weighted by molar-refractivity contribution is 6.40. The Morgan fingerprint density at radius 2 is 1.95 bits per heavy atom. The van der Waals surface area contributed by atoms with Crippen LogP contribution in [0.3, 0.4) is 0 Å². The maximum Gasteiger partial charge on any atom is 0.293 e. The van der Waals surface area contributed by atoms with Crippen molar-refractivity contribution in [3.05, 3.63) is 33.0 Å². The van der Waals surface area contributed by atoms with E-state index in [9.17, 15) is 4.79 Å². The Morgan fingerprint density at radius 3 is 2.58 bits per heavy atom. The van der Waals surface area contributed by atoms with Crippen molar-refractivity contribution in [1.82, 2.24) is 20.2 Å². The van der Waals surface area contributed by atoms with Crippen LogP contribution in [-0.2, 0) is 16.0 Å². The molecule has 0 aliphatic heterocycles. The monoisotopic (exact) mass is 320 g/mol. The average molecular weight is 322 g/mol. The molecule has 0 amide bonds. The number of halogens is 3. The normalized spacial score (nSPS) is 10.5. The zero-order valence-corrected chi connectivity index (χ0v) is 11.7. The molecule has 0 saturated carbocycles. The molecule has 1 aromatic heterocycles. The van der Waals surface area contributed by atoms with Crippen molar-refractivity contribution in [2.24, 2.45) is 0 Å². The largest absolute Gasteiger partial charge is 0.467 e. The molecule has 0 spiro atoms. The minimum atomic E-state index is 0.159. The number of rotatable bonds is 5. The van der Waals surface area contributed by atoms with Crippen molar-refractivity contribution in [3.63, 3.8) is 0 Å². The Morgan fingerprint density at radius 1 is 1.26 bits per heavy atom. The van der Waals surface area contributed by atoms with Gasteiger partial charge in [-0.1, -0.05) is 34.8 Å². The molecule has 0 saturated heterocycles. The summed E-state index contributed by atoms with van der Waals surface area (Å²) in [4.78, 5) is 10.1. The maximum atomic E-state index is 10.1. The molecule has 19 heavy (non-hydrogen) atoms. The van der Waals surface area contributed by atoms with E-state index in [2.05, 4.69) is 20.3 Å². The predicted molar refractivity (Wildman–Crippen MR) is 69.9 cm³/mol. The Bertz CT molecular complexity index is 579. The summed E-state index contributed by atoms with van der Waals surface area (Å²) in [7, 11) is 0. The van der Waals surface area contributed by atoms with E-state index in [0.717, 1.165) is 0 Å². The highest BCUT2D eigenvalue weighted by Crippen LogP contribution is 2.32. The summed E-state index contributed by atoms with van der Waals surface area (Å²) in [5, 5.41) is 12.2. The third kappa shape index (κ3) is 3.15. The predicted octanol–water partition coefficient (Wildman–Crippen LogP) is 2.34. The number of aromatic nitrogens is 4. The zero-order chi connectivity index (χ0) is 13.8. The fourth-order valence-corrected chi connectivity index (χ4v) is 2.45. The van der Waals surface area contributed by atoms with Gasteiger partial charge in [0.25, 0.3) is 6.47 Å². The third-order valence-corrected chi connectivity index (χ3v) is 3.03. The summed E-state index contributed by atoms with van der Waals surface area (Å²) in [6.07, 6.45) is 0.334. The molecule has 1 heterocycles. The van der Waals surface area contributed by atoms with Crippen molar-refractivity contribution in [1.29, 1.82) is 0 Å². The fourth-order valence-electron chi connectivity index (χ4n) is 1.47. The molecular weight excluding hydrogens is 314 g/mol. The maximum absolute atomic E-state index is 10.1. The molecule has 0 radical (unpaired) electrons. The van der Waals surface area contributed by atoms with Gasteiger partial charge in [-0.25, -0.2) is 0 Å². The standard InChI is InChI=1S/C10H7Cl3N4O2/c11-6-3-7(12)10(8(13)4-6)17-9(14-15-16-17)1-2-19-5-18/h3-5H,1-2H2. The SMILES string of the molecule is O=COCCc1nnnn1-c1c(Cl)cc(Cl)cc1Cl. The summed E-state index contributed by atoms with van der Waals surface area (Å²) in [5.41, 5.74) is 0.429. The van der Waals surface area contributed by atoms with E-state index in [1.54, 1.807) is 0 Å². The van der Waals surface area contributed by atoms with Gasteiger partial charge in [0.15, 0.2) is 5.82 Å². The average Bonchev–Trinajstić information content (AvgIpc) is 2.76. The molecule has 9 heteroatoms. The van der Waals surface area contributed by atoms with E-state index in [-0.39, 0.29) is 6.61 Å². The van der Waals surface area contributed by atoms with E-state index in [0.29, 0.717) is 39.5 Å². The van der Waals surface area contributed by atoms with Gasteiger partial charge in [0.05, 0.1) is 16.7 Å². The van der Waals surface area contributed by atoms with Crippen LogP contribution in [0, 0.1) is 0 Å². The van der Waals surface area contributed by atoms with E-state index < -0.39 is 0 Å². The Hall–Kier alpha value is -1.37. The minimum Gasteiger partial charge on any atom is -0.467 e. The molecule has 0 aliphatic rings. The number of carbonyl (C=O) groups excluding carboxylic acids is 1. The molecule has 0 aliphatic carbocycles. The fraction of sp³-hybridized carbons (Fsp3) is 0.200. The highest BCUT2D eigenvalue weighted by Gasteiger charge is 2.15. The number of benzene rings is 1. The quantitative estimate of drug-likeness (QED) is 0.624. The van der Waals surface area contributed by atoms with Crippen LogP contribution in [0.15, 0.2) is 12.1 Å². The lowest BCUT2D eigenvalue weighted by Gasteiger charge is -2.09. The van der Waals surface area contributed by atoms with Gasteiger partial charge in [0, 0.05) is 11.4 Å². The second-order valence-corrected chi connectivity index (χ2v) is 4.69. The smallest absolute Gasteiger partial charge is 0.293 e.